The number of pyridine rings is 1. The number of amides is 1. The van der Waals surface area contributed by atoms with E-state index in [2.05, 4.69) is 16.9 Å². The lowest BCUT2D eigenvalue weighted by molar-refractivity contribution is -0.123. The Morgan fingerprint density at radius 1 is 1.24 bits per heavy atom. The van der Waals surface area contributed by atoms with Crippen LogP contribution >= 0.6 is 0 Å². The van der Waals surface area contributed by atoms with Crippen molar-refractivity contribution in [3.05, 3.63) is 78.6 Å². The molecule has 4 heteroatoms. The predicted molar refractivity (Wildman–Crippen MR) is 83.3 cm³/mol. The molecular formula is C17H19N3O. The molecule has 1 heterocycles. The first kappa shape index (κ1) is 14.9. The van der Waals surface area contributed by atoms with Gasteiger partial charge in [-0.15, -0.1) is 6.58 Å². The molecule has 2 aromatic rings. The zero-order chi connectivity index (χ0) is 15.1. The molecule has 0 aliphatic rings. The average molecular weight is 281 g/mol. The van der Waals surface area contributed by atoms with Gasteiger partial charge in [-0.1, -0.05) is 42.5 Å². The van der Waals surface area contributed by atoms with Crippen molar-refractivity contribution in [1.29, 1.82) is 0 Å². The smallest absolute Gasteiger partial charge is 0.242 e. The molecule has 0 aliphatic heterocycles. The largest absolute Gasteiger partial charge is 0.347 e. The van der Waals surface area contributed by atoms with Crippen LogP contribution in [0.5, 0.6) is 0 Å². The maximum Gasteiger partial charge on any atom is 0.242 e. The molecule has 0 spiro atoms. The third-order valence-corrected chi connectivity index (χ3v) is 3.25. The van der Waals surface area contributed by atoms with Gasteiger partial charge in [-0.2, -0.15) is 0 Å². The van der Waals surface area contributed by atoms with E-state index in [-0.39, 0.29) is 11.9 Å². The highest BCUT2D eigenvalue weighted by molar-refractivity contribution is 5.83. The second-order valence-electron chi connectivity index (χ2n) is 4.76. The summed E-state index contributed by atoms with van der Waals surface area (Å²) in [6.45, 7) is 3.73. The van der Waals surface area contributed by atoms with Crippen LogP contribution in [-0.2, 0) is 4.79 Å². The minimum absolute atomic E-state index is 0.168. The van der Waals surface area contributed by atoms with Gasteiger partial charge < -0.3 is 11.1 Å². The summed E-state index contributed by atoms with van der Waals surface area (Å²) in [4.78, 5) is 16.4. The van der Waals surface area contributed by atoms with Gasteiger partial charge in [0.1, 0.15) is 6.04 Å². The van der Waals surface area contributed by atoms with E-state index in [4.69, 9.17) is 5.73 Å². The molecule has 0 bridgehead atoms. The van der Waals surface area contributed by atoms with Gasteiger partial charge in [0.25, 0.3) is 0 Å². The van der Waals surface area contributed by atoms with Gasteiger partial charge in [0, 0.05) is 12.4 Å². The molecule has 0 unspecified atom stereocenters. The first-order valence-corrected chi connectivity index (χ1v) is 6.84. The molecule has 108 valence electrons. The highest BCUT2D eigenvalue weighted by Crippen LogP contribution is 2.18. The average Bonchev–Trinajstić information content (AvgIpc) is 2.55. The Kier molecular flexibility index (Phi) is 5.23. The van der Waals surface area contributed by atoms with Crippen molar-refractivity contribution in [2.75, 3.05) is 0 Å². The van der Waals surface area contributed by atoms with Gasteiger partial charge in [-0.05, 0) is 23.6 Å². The zero-order valence-electron chi connectivity index (χ0n) is 11.8. The monoisotopic (exact) mass is 281 g/mol. The summed E-state index contributed by atoms with van der Waals surface area (Å²) in [5, 5.41) is 2.96. The second kappa shape index (κ2) is 7.36. The van der Waals surface area contributed by atoms with Crippen LogP contribution < -0.4 is 11.1 Å². The van der Waals surface area contributed by atoms with Gasteiger partial charge >= 0.3 is 0 Å². The summed E-state index contributed by atoms with van der Waals surface area (Å²) in [5.41, 5.74) is 7.73. The van der Waals surface area contributed by atoms with Crippen LogP contribution in [0.1, 0.15) is 29.6 Å². The lowest BCUT2D eigenvalue weighted by Crippen LogP contribution is -2.36. The molecule has 4 nitrogen and oxygen atoms in total. The van der Waals surface area contributed by atoms with E-state index in [0.717, 1.165) is 11.1 Å². The molecule has 1 aromatic carbocycles. The van der Waals surface area contributed by atoms with E-state index in [9.17, 15) is 4.79 Å². The van der Waals surface area contributed by atoms with Gasteiger partial charge in [0.2, 0.25) is 5.91 Å². The van der Waals surface area contributed by atoms with Gasteiger partial charge in [0.05, 0.1) is 6.04 Å². The van der Waals surface area contributed by atoms with E-state index < -0.39 is 6.04 Å². The number of nitrogens with one attached hydrogen (secondary N) is 1. The van der Waals surface area contributed by atoms with Gasteiger partial charge in [-0.25, -0.2) is 0 Å². The Labute approximate surface area is 124 Å². The van der Waals surface area contributed by atoms with Crippen molar-refractivity contribution < 1.29 is 4.79 Å². The topological polar surface area (TPSA) is 68.0 Å². The van der Waals surface area contributed by atoms with Crippen LogP contribution in [-0.4, -0.2) is 10.9 Å². The van der Waals surface area contributed by atoms with E-state index >= 15 is 0 Å². The van der Waals surface area contributed by atoms with E-state index in [1.54, 1.807) is 18.5 Å². The summed E-state index contributed by atoms with van der Waals surface area (Å²) < 4.78 is 0. The van der Waals surface area contributed by atoms with Crippen molar-refractivity contribution in [3.8, 4) is 0 Å². The predicted octanol–water partition coefficient (Wildman–Crippen LogP) is 2.52. The van der Waals surface area contributed by atoms with Crippen LogP contribution in [0.2, 0.25) is 0 Å². The molecule has 21 heavy (non-hydrogen) atoms. The molecule has 0 aliphatic carbocycles. The highest BCUT2D eigenvalue weighted by atomic mass is 16.2. The number of nitrogens with two attached hydrogens (primary N) is 1. The quantitative estimate of drug-likeness (QED) is 0.799. The Morgan fingerprint density at radius 3 is 2.57 bits per heavy atom. The maximum atomic E-state index is 12.3. The zero-order valence-corrected chi connectivity index (χ0v) is 11.8. The molecule has 0 fully saturated rings. The lowest BCUT2D eigenvalue weighted by atomic mass is 10.0. The highest BCUT2D eigenvalue weighted by Gasteiger charge is 2.19. The van der Waals surface area contributed by atoms with Crippen molar-refractivity contribution in [1.82, 2.24) is 10.3 Å². The lowest BCUT2D eigenvalue weighted by Gasteiger charge is -2.20. The first-order valence-electron chi connectivity index (χ1n) is 6.84. The van der Waals surface area contributed by atoms with Crippen LogP contribution in [0.3, 0.4) is 0 Å². The number of hydrogen-bond donors (Lipinski definition) is 2. The molecule has 1 amide bonds. The number of carbonyl (C=O) groups is 1. The number of rotatable bonds is 6. The van der Waals surface area contributed by atoms with E-state index in [1.807, 2.05) is 42.5 Å². The van der Waals surface area contributed by atoms with Crippen LogP contribution in [0.25, 0.3) is 0 Å². The summed E-state index contributed by atoms with van der Waals surface area (Å²) in [6.07, 6.45) is 5.83. The molecule has 0 radical (unpaired) electrons. The fourth-order valence-electron chi connectivity index (χ4n) is 2.10. The van der Waals surface area contributed by atoms with Crippen molar-refractivity contribution >= 4 is 5.91 Å². The minimum Gasteiger partial charge on any atom is -0.347 e. The second-order valence-corrected chi connectivity index (χ2v) is 4.76. The summed E-state index contributed by atoms with van der Waals surface area (Å²) >= 11 is 0. The van der Waals surface area contributed by atoms with Crippen molar-refractivity contribution in [2.24, 2.45) is 5.73 Å². The van der Waals surface area contributed by atoms with Gasteiger partial charge in [0.15, 0.2) is 0 Å². The molecule has 3 N–H and O–H groups in total. The van der Waals surface area contributed by atoms with Crippen LogP contribution in [0.15, 0.2) is 67.5 Å². The molecule has 1 aromatic heterocycles. The number of hydrogen-bond acceptors (Lipinski definition) is 3. The Morgan fingerprint density at radius 2 is 1.95 bits per heavy atom. The van der Waals surface area contributed by atoms with E-state index in [0.29, 0.717) is 6.42 Å². The molecular weight excluding hydrogens is 262 g/mol. The summed E-state index contributed by atoms with van der Waals surface area (Å²) in [6, 6.07) is 12.2. The maximum absolute atomic E-state index is 12.3. The number of carbonyl (C=O) groups excluding carboxylic acids is 1. The van der Waals surface area contributed by atoms with Crippen LogP contribution in [0, 0.1) is 0 Å². The molecule has 2 rings (SSSR count). The minimum atomic E-state index is -0.685. The van der Waals surface area contributed by atoms with Crippen molar-refractivity contribution in [2.45, 2.75) is 18.5 Å². The number of nitrogens with zero attached hydrogens (tertiary/aromatic N) is 1. The SMILES string of the molecule is C=CC[C@@H](NC(=O)[C@H](N)c1ccccc1)c1cccnc1. The number of aromatic nitrogens is 1. The first-order chi connectivity index (χ1) is 10.2. The molecule has 0 saturated heterocycles. The fourth-order valence-corrected chi connectivity index (χ4v) is 2.10. The standard InChI is InChI=1S/C17H19N3O/c1-2-7-15(14-10-6-11-19-12-14)20-17(21)16(18)13-8-4-3-5-9-13/h2-6,8-12,15-16H,1,7,18H2,(H,20,21)/t15-,16-/m1/s1. The number of benzene rings is 1. The Balaban J connectivity index is 2.10. The van der Waals surface area contributed by atoms with Crippen molar-refractivity contribution in [3.63, 3.8) is 0 Å². The van der Waals surface area contributed by atoms with Crippen LogP contribution in [0.4, 0.5) is 0 Å². The molecule has 2 atom stereocenters. The Hall–Kier alpha value is -2.46. The third-order valence-electron chi connectivity index (χ3n) is 3.25. The van der Waals surface area contributed by atoms with E-state index in [1.165, 1.54) is 0 Å². The van der Waals surface area contributed by atoms with Gasteiger partial charge in [-0.3, -0.25) is 9.78 Å². The summed E-state index contributed by atoms with van der Waals surface area (Å²) in [7, 11) is 0. The Bertz CT molecular complexity index is 583. The normalized spacial score (nSPS) is 13.2. The third kappa shape index (κ3) is 4.00. The fraction of sp³-hybridized carbons (Fsp3) is 0.176. The summed E-state index contributed by atoms with van der Waals surface area (Å²) in [5.74, 6) is -0.211. The molecule has 0 saturated carbocycles.